The maximum absolute atomic E-state index is 12.5. The lowest BCUT2D eigenvalue weighted by atomic mass is 10.4. The zero-order valence-electron chi connectivity index (χ0n) is 10.3. The van der Waals surface area contributed by atoms with E-state index in [-0.39, 0.29) is 4.90 Å². The number of rotatable bonds is 3. The summed E-state index contributed by atoms with van der Waals surface area (Å²) in [6, 6.07) is 3.20. The van der Waals surface area contributed by atoms with E-state index >= 15 is 0 Å². The van der Waals surface area contributed by atoms with Crippen LogP contribution in [0.4, 0.5) is 5.82 Å². The van der Waals surface area contributed by atoms with Crippen LogP contribution in [0.15, 0.2) is 23.2 Å². The van der Waals surface area contributed by atoms with Gasteiger partial charge in [-0.2, -0.15) is 4.31 Å². The van der Waals surface area contributed by atoms with Gasteiger partial charge >= 0.3 is 0 Å². The lowest BCUT2D eigenvalue weighted by molar-refractivity contribution is 0.148. The Morgan fingerprint density at radius 3 is 3.00 bits per heavy atom. The molecule has 0 atom stereocenters. The molecule has 0 unspecified atom stereocenters. The van der Waals surface area contributed by atoms with E-state index in [1.807, 2.05) is 0 Å². The van der Waals surface area contributed by atoms with E-state index in [1.165, 1.54) is 4.31 Å². The van der Waals surface area contributed by atoms with Gasteiger partial charge in [-0.25, -0.2) is 13.4 Å². The van der Waals surface area contributed by atoms with E-state index in [9.17, 15) is 8.42 Å². The first-order chi connectivity index (χ1) is 8.66. The highest BCUT2D eigenvalue weighted by Crippen LogP contribution is 2.22. The zero-order chi connectivity index (χ0) is 13.0. The third-order valence-electron chi connectivity index (χ3n) is 2.81. The van der Waals surface area contributed by atoms with E-state index in [4.69, 9.17) is 4.74 Å². The molecule has 0 aromatic carbocycles. The maximum atomic E-state index is 12.5. The molecule has 100 valence electrons. The minimum absolute atomic E-state index is 0.217. The molecule has 0 bridgehead atoms. The SMILES string of the molecule is CNc1ncccc1S(=O)(=O)N1CCCOCC1. The summed E-state index contributed by atoms with van der Waals surface area (Å²) in [5, 5.41) is 2.81. The average molecular weight is 271 g/mol. The average Bonchev–Trinajstić information content (AvgIpc) is 2.68. The summed E-state index contributed by atoms with van der Waals surface area (Å²) in [5.41, 5.74) is 0. The fourth-order valence-corrected chi connectivity index (χ4v) is 3.50. The van der Waals surface area contributed by atoms with Crippen LogP contribution >= 0.6 is 0 Å². The molecule has 2 heterocycles. The molecule has 0 aliphatic carbocycles. The molecule has 0 amide bonds. The molecule has 2 rings (SSSR count). The Kier molecular flexibility index (Phi) is 4.15. The van der Waals surface area contributed by atoms with Crippen LogP contribution in [0.25, 0.3) is 0 Å². The number of anilines is 1. The number of nitrogens with one attached hydrogen (secondary N) is 1. The molecule has 7 heteroatoms. The molecular formula is C11H17N3O3S. The van der Waals surface area contributed by atoms with E-state index in [1.54, 1.807) is 25.4 Å². The second-order valence-corrected chi connectivity index (χ2v) is 5.88. The number of hydrogen-bond acceptors (Lipinski definition) is 5. The molecule has 1 N–H and O–H groups in total. The first-order valence-electron chi connectivity index (χ1n) is 5.87. The Morgan fingerprint density at radius 2 is 2.22 bits per heavy atom. The van der Waals surface area contributed by atoms with Crippen LogP contribution < -0.4 is 5.32 Å². The second kappa shape index (κ2) is 5.64. The summed E-state index contributed by atoms with van der Waals surface area (Å²) in [6.45, 7) is 1.92. The molecule has 1 aliphatic heterocycles. The first-order valence-corrected chi connectivity index (χ1v) is 7.31. The molecule has 1 aliphatic rings. The van der Waals surface area contributed by atoms with Gasteiger partial charge in [0.25, 0.3) is 0 Å². The highest BCUT2D eigenvalue weighted by molar-refractivity contribution is 7.89. The molecule has 18 heavy (non-hydrogen) atoms. The number of hydrogen-bond donors (Lipinski definition) is 1. The molecule has 0 saturated carbocycles. The van der Waals surface area contributed by atoms with Crippen LogP contribution in [0, 0.1) is 0 Å². The van der Waals surface area contributed by atoms with Gasteiger partial charge in [0.1, 0.15) is 10.7 Å². The van der Waals surface area contributed by atoms with E-state index < -0.39 is 10.0 Å². The summed E-state index contributed by atoms with van der Waals surface area (Å²) < 4.78 is 31.8. The van der Waals surface area contributed by atoms with Crippen molar-refractivity contribution in [3.63, 3.8) is 0 Å². The van der Waals surface area contributed by atoms with Crippen LogP contribution in [0.2, 0.25) is 0 Å². The summed E-state index contributed by atoms with van der Waals surface area (Å²) >= 11 is 0. The number of nitrogens with zero attached hydrogens (tertiary/aromatic N) is 2. The topological polar surface area (TPSA) is 71.5 Å². The molecule has 1 aromatic heterocycles. The van der Waals surface area contributed by atoms with Gasteiger partial charge in [-0.05, 0) is 18.6 Å². The Labute approximate surface area is 107 Å². The van der Waals surface area contributed by atoms with Crippen LogP contribution in [-0.2, 0) is 14.8 Å². The quantitative estimate of drug-likeness (QED) is 0.868. The minimum atomic E-state index is -3.50. The molecular weight excluding hydrogens is 254 g/mol. The molecule has 1 aromatic rings. The van der Waals surface area contributed by atoms with Gasteiger partial charge in [0, 0.05) is 32.9 Å². The predicted molar refractivity (Wildman–Crippen MR) is 68.0 cm³/mol. The van der Waals surface area contributed by atoms with Crippen molar-refractivity contribution in [2.45, 2.75) is 11.3 Å². The lowest BCUT2D eigenvalue weighted by Crippen LogP contribution is -2.33. The first kappa shape index (κ1) is 13.3. The number of aromatic nitrogens is 1. The van der Waals surface area contributed by atoms with Gasteiger partial charge in [-0.15, -0.1) is 0 Å². The summed E-state index contributed by atoms with van der Waals surface area (Å²) in [6.07, 6.45) is 2.28. The van der Waals surface area contributed by atoms with Gasteiger partial charge < -0.3 is 10.1 Å². The number of ether oxygens (including phenoxy) is 1. The normalized spacial score (nSPS) is 18.3. The highest BCUT2D eigenvalue weighted by atomic mass is 32.2. The van der Waals surface area contributed by atoms with Gasteiger partial charge in [0.05, 0.1) is 6.61 Å². The second-order valence-electron chi connectivity index (χ2n) is 3.97. The fraction of sp³-hybridized carbons (Fsp3) is 0.545. The number of sulfonamides is 1. The van der Waals surface area contributed by atoms with Crippen molar-refractivity contribution < 1.29 is 13.2 Å². The smallest absolute Gasteiger partial charge is 0.246 e. The van der Waals surface area contributed by atoms with Gasteiger partial charge in [0.2, 0.25) is 10.0 Å². The summed E-state index contributed by atoms with van der Waals surface area (Å²) in [5.74, 6) is 0.377. The van der Waals surface area contributed by atoms with Crippen molar-refractivity contribution in [3.8, 4) is 0 Å². The standard InChI is InChI=1S/C11H17N3O3S/c1-12-11-10(4-2-5-13-11)18(15,16)14-6-3-8-17-9-7-14/h2,4-5H,3,6-9H2,1H3,(H,12,13). The predicted octanol–water partition coefficient (Wildman–Crippen LogP) is 0.534. The molecule has 0 spiro atoms. The molecule has 0 radical (unpaired) electrons. The fourth-order valence-electron chi connectivity index (χ4n) is 1.89. The van der Waals surface area contributed by atoms with Crippen LogP contribution in [0.3, 0.4) is 0 Å². The van der Waals surface area contributed by atoms with E-state index in [2.05, 4.69) is 10.3 Å². The zero-order valence-corrected chi connectivity index (χ0v) is 11.1. The van der Waals surface area contributed by atoms with Gasteiger partial charge in [-0.3, -0.25) is 0 Å². The Balaban J connectivity index is 2.34. The monoisotopic (exact) mass is 271 g/mol. The highest BCUT2D eigenvalue weighted by Gasteiger charge is 2.27. The maximum Gasteiger partial charge on any atom is 0.246 e. The van der Waals surface area contributed by atoms with E-state index in [0.29, 0.717) is 38.5 Å². The summed E-state index contributed by atoms with van der Waals surface area (Å²) in [7, 11) is -1.84. The van der Waals surface area contributed by atoms with Crippen LogP contribution in [-0.4, -0.2) is 51.1 Å². The van der Waals surface area contributed by atoms with Crippen LogP contribution in [0.5, 0.6) is 0 Å². The molecule has 1 saturated heterocycles. The number of pyridine rings is 1. The minimum Gasteiger partial charge on any atom is -0.380 e. The van der Waals surface area contributed by atoms with Crippen molar-refractivity contribution in [2.75, 3.05) is 38.7 Å². The third kappa shape index (κ3) is 2.63. The van der Waals surface area contributed by atoms with Crippen molar-refractivity contribution in [1.82, 2.24) is 9.29 Å². The van der Waals surface area contributed by atoms with Crippen molar-refractivity contribution >= 4 is 15.8 Å². The van der Waals surface area contributed by atoms with E-state index in [0.717, 1.165) is 0 Å². The van der Waals surface area contributed by atoms with Crippen molar-refractivity contribution in [1.29, 1.82) is 0 Å². The molecule has 6 nitrogen and oxygen atoms in total. The Morgan fingerprint density at radius 1 is 1.39 bits per heavy atom. The van der Waals surface area contributed by atoms with Crippen molar-refractivity contribution in [3.05, 3.63) is 18.3 Å². The van der Waals surface area contributed by atoms with Gasteiger partial charge in [-0.1, -0.05) is 0 Å². The van der Waals surface area contributed by atoms with Crippen LogP contribution in [0.1, 0.15) is 6.42 Å². The largest absolute Gasteiger partial charge is 0.380 e. The van der Waals surface area contributed by atoms with Gasteiger partial charge in [0.15, 0.2) is 0 Å². The van der Waals surface area contributed by atoms with Crippen molar-refractivity contribution in [2.24, 2.45) is 0 Å². The third-order valence-corrected chi connectivity index (χ3v) is 4.74. The molecule has 1 fully saturated rings. The Hall–Kier alpha value is -1.18. The lowest BCUT2D eigenvalue weighted by Gasteiger charge is -2.20. The Bertz CT molecular complexity index is 496. The summed E-state index contributed by atoms with van der Waals surface area (Å²) in [4.78, 5) is 4.25.